The minimum Gasteiger partial charge on any atom is -0.492 e. The summed E-state index contributed by atoms with van der Waals surface area (Å²) in [5, 5.41) is 0. The molecule has 0 spiro atoms. The van der Waals surface area contributed by atoms with Crippen LogP contribution in [0.5, 0.6) is 5.75 Å². The van der Waals surface area contributed by atoms with Gasteiger partial charge >= 0.3 is 0 Å². The van der Waals surface area contributed by atoms with Crippen LogP contribution < -0.4 is 15.4 Å². The second-order valence-corrected chi connectivity index (χ2v) is 5.58. The third kappa shape index (κ3) is 3.19. The molecule has 1 aliphatic rings. The molecule has 2 aromatic rings. The maximum Gasteiger partial charge on any atom is 0.119 e. The molecule has 0 fully saturated rings. The van der Waals surface area contributed by atoms with Gasteiger partial charge in [0.2, 0.25) is 0 Å². The van der Waals surface area contributed by atoms with Crippen LogP contribution in [-0.2, 0) is 6.42 Å². The molecule has 3 rings (SSSR count). The third-order valence-electron chi connectivity index (χ3n) is 3.99. The first kappa shape index (κ1) is 14.0. The zero-order chi connectivity index (χ0) is 14.7. The number of para-hydroxylation sites is 1. The van der Waals surface area contributed by atoms with Gasteiger partial charge < -0.3 is 15.4 Å². The highest BCUT2D eigenvalue weighted by atomic mass is 16.5. The molecule has 2 aromatic carbocycles. The van der Waals surface area contributed by atoms with Crippen molar-refractivity contribution in [1.29, 1.82) is 0 Å². The fraction of sp³-hybridized carbons (Fsp3) is 0.333. The molecule has 1 unspecified atom stereocenters. The van der Waals surface area contributed by atoms with Crippen molar-refractivity contribution in [2.45, 2.75) is 19.4 Å². The SMILES string of the molecule is CC(N)c1ccc2c(c1)CCN2CCOc1ccccc1. The summed E-state index contributed by atoms with van der Waals surface area (Å²) in [7, 11) is 0. The number of anilines is 1. The van der Waals surface area contributed by atoms with Gasteiger partial charge in [-0.15, -0.1) is 0 Å². The van der Waals surface area contributed by atoms with Gasteiger partial charge in [-0.05, 0) is 42.7 Å². The lowest BCUT2D eigenvalue weighted by Crippen LogP contribution is -2.26. The highest BCUT2D eigenvalue weighted by Crippen LogP contribution is 2.29. The van der Waals surface area contributed by atoms with Crippen molar-refractivity contribution >= 4 is 5.69 Å². The predicted octanol–water partition coefficient (Wildman–Crippen LogP) is 3.15. The summed E-state index contributed by atoms with van der Waals surface area (Å²) in [4.78, 5) is 2.39. The maximum atomic E-state index is 5.95. The molecule has 0 saturated carbocycles. The Morgan fingerprint density at radius 1 is 1.19 bits per heavy atom. The lowest BCUT2D eigenvalue weighted by molar-refractivity contribution is 0.324. The number of nitrogens with two attached hydrogens (primary N) is 1. The zero-order valence-corrected chi connectivity index (χ0v) is 12.5. The van der Waals surface area contributed by atoms with Crippen molar-refractivity contribution in [2.24, 2.45) is 5.73 Å². The minimum absolute atomic E-state index is 0.103. The van der Waals surface area contributed by atoms with Crippen LogP contribution in [0.15, 0.2) is 48.5 Å². The van der Waals surface area contributed by atoms with Crippen LogP contribution in [0.4, 0.5) is 5.69 Å². The maximum absolute atomic E-state index is 5.95. The second-order valence-electron chi connectivity index (χ2n) is 5.58. The number of rotatable bonds is 5. The number of hydrogen-bond donors (Lipinski definition) is 1. The van der Waals surface area contributed by atoms with Crippen LogP contribution in [0.25, 0.3) is 0 Å². The van der Waals surface area contributed by atoms with E-state index in [4.69, 9.17) is 10.5 Å². The van der Waals surface area contributed by atoms with E-state index < -0.39 is 0 Å². The zero-order valence-electron chi connectivity index (χ0n) is 12.5. The minimum atomic E-state index is 0.103. The Balaban J connectivity index is 1.60. The first-order valence-electron chi connectivity index (χ1n) is 7.55. The molecule has 1 heterocycles. The van der Waals surface area contributed by atoms with Crippen LogP contribution >= 0.6 is 0 Å². The van der Waals surface area contributed by atoms with Gasteiger partial charge in [-0.1, -0.05) is 30.3 Å². The summed E-state index contributed by atoms with van der Waals surface area (Å²) in [6.07, 6.45) is 1.10. The van der Waals surface area contributed by atoms with Gasteiger partial charge in [0.1, 0.15) is 12.4 Å². The monoisotopic (exact) mass is 282 g/mol. The van der Waals surface area contributed by atoms with Crippen molar-refractivity contribution in [2.75, 3.05) is 24.6 Å². The standard InChI is InChI=1S/C18H22N2O/c1-14(19)15-7-8-18-16(13-15)9-10-20(18)11-12-21-17-5-3-2-4-6-17/h2-8,13-14H,9-12,19H2,1H3. The van der Waals surface area contributed by atoms with Crippen molar-refractivity contribution in [3.63, 3.8) is 0 Å². The van der Waals surface area contributed by atoms with Gasteiger partial charge in [0, 0.05) is 18.3 Å². The second kappa shape index (κ2) is 6.19. The smallest absolute Gasteiger partial charge is 0.119 e. The normalized spacial score (nSPS) is 14.9. The lowest BCUT2D eigenvalue weighted by Gasteiger charge is -2.20. The topological polar surface area (TPSA) is 38.5 Å². The summed E-state index contributed by atoms with van der Waals surface area (Å²) in [5.41, 5.74) is 9.91. The number of fused-ring (bicyclic) bond motifs is 1. The molecule has 110 valence electrons. The fourth-order valence-corrected chi connectivity index (χ4v) is 2.80. The molecular weight excluding hydrogens is 260 g/mol. The summed E-state index contributed by atoms with van der Waals surface area (Å²) >= 11 is 0. The Labute approximate surface area is 126 Å². The molecule has 21 heavy (non-hydrogen) atoms. The van der Waals surface area contributed by atoms with E-state index in [1.807, 2.05) is 37.3 Å². The van der Waals surface area contributed by atoms with Crippen LogP contribution in [0.2, 0.25) is 0 Å². The third-order valence-corrected chi connectivity index (χ3v) is 3.99. The lowest BCUT2D eigenvalue weighted by atomic mass is 10.0. The van der Waals surface area contributed by atoms with Gasteiger partial charge in [-0.2, -0.15) is 0 Å². The first-order chi connectivity index (χ1) is 10.2. The fourth-order valence-electron chi connectivity index (χ4n) is 2.80. The Morgan fingerprint density at radius 3 is 2.76 bits per heavy atom. The number of hydrogen-bond acceptors (Lipinski definition) is 3. The van der Waals surface area contributed by atoms with Gasteiger partial charge in [-0.25, -0.2) is 0 Å². The van der Waals surface area contributed by atoms with Crippen molar-refractivity contribution in [3.05, 3.63) is 59.7 Å². The van der Waals surface area contributed by atoms with Crippen LogP contribution in [0.1, 0.15) is 24.1 Å². The molecule has 3 heteroatoms. The summed E-state index contributed by atoms with van der Waals surface area (Å²) < 4.78 is 5.78. The largest absolute Gasteiger partial charge is 0.492 e. The highest BCUT2D eigenvalue weighted by Gasteiger charge is 2.19. The Hall–Kier alpha value is -2.00. The van der Waals surface area contributed by atoms with Gasteiger partial charge in [0.05, 0.1) is 6.54 Å². The number of nitrogens with zero attached hydrogens (tertiary/aromatic N) is 1. The Morgan fingerprint density at radius 2 is 2.00 bits per heavy atom. The van der Waals surface area contributed by atoms with Crippen molar-refractivity contribution in [3.8, 4) is 5.75 Å². The van der Waals surface area contributed by atoms with E-state index in [0.29, 0.717) is 6.61 Å². The van der Waals surface area contributed by atoms with Crippen molar-refractivity contribution in [1.82, 2.24) is 0 Å². The summed E-state index contributed by atoms with van der Waals surface area (Å²) in [6.45, 7) is 4.72. The Kier molecular flexibility index (Phi) is 4.11. The molecule has 3 nitrogen and oxygen atoms in total. The van der Waals surface area contributed by atoms with E-state index in [2.05, 4.69) is 23.1 Å². The predicted molar refractivity (Wildman–Crippen MR) is 86.9 cm³/mol. The molecule has 0 saturated heterocycles. The van der Waals surface area contributed by atoms with Crippen LogP contribution in [0.3, 0.4) is 0 Å². The van der Waals surface area contributed by atoms with Gasteiger partial charge in [0.25, 0.3) is 0 Å². The van der Waals surface area contributed by atoms with E-state index in [9.17, 15) is 0 Å². The van der Waals surface area contributed by atoms with Crippen LogP contribution in [0, 0.1) is 0 Å². The molecule has 0 radical (unpaired) electrons. The van der Waals surface area contributed by atoms with Crippen molar-refractivity contribution < 1.29 is 4.74 Å². The first-order valence-corrected chi connectivity index (χ1v) is 7.55. The molecule has 1 aliphatic heterocycles. The quantitative estimate of drug-likeness (QED) is 0.915. The summed E-state index contributed by atoms with van der Waals surface area (Å²) in [6, 6.07) is 16.7. The van der Waals surface area contributed by atoms with E-state index >= 15 is 0 Å². The average Bonchev–Trinajstić information content (AvgIpc) is 2.91. The molecule has 2 N–H and O–H groups in total. The van der Waals surface area contributed by atoms with Gasteiger partial charge in [0.15, 0.2) is 0 Å². The van der Waals surface area contributed by atoms with E-state index in [1.165, 1.54) is 16.8 Å². The summed E-state index contributed by atoms with van der Waals surface area (Å²) in [5.74, 6) is 0.934. The molecule has 0 aliphatic carbocycles. The molecule has 0 amide bonds. The average molecular weight is 282 g/mol. The van der Waals surface area contributed by atoms with E-state index in [-0.39, 0.29) is 6.04 Å². The highest BCUT2D eigenvalue weighted by molar-refractivity contribution is 5.59. The van der Waals surface area contributed by atoms with E-state index in [1.54, 1.807) is 0 Å². The number of benzene rings is 2. The molecule has 0 aromatic heterocycles. The number of ether oxygens (including phenoxy) is 1. The molecular formula is C18H22N2O. The van der Waals surface area contributed by atoms with Crippen LogP contribution in [-0.4, -0.2) is 19.7 Å². The van der Waals surface area contributed by atoms with Gasteiger partial charge in [-0.3, -0.25) is 0 Å². The Bertz CT molecular complexity index is 595. The molecule has 1 atom stereocenters. The van der Waals surface area contributed by atoms with E-state index in [0.717, 1.165) is 25.3 Å². The molecule has 0 bridgehead atoms.